The third-order valence-electron chi connectivity index (χ3n) is 1.84. The minimum atomic E-state index is 0.850. The largest absolute Gasteiger partial charge is 0.497 e. The maximum Gasteiger partial charge on any atom is 0.248 e. The van der Waals surface area contributed by atoms with Gasteiger partial charge in [0.1, 0.15) is 5.75 Å². The zero-order valence-corrected chi connectivity index (χ0v) is 7.24. The van der Waals surface area contributed by atoms with Crippen LogP contribution in [0.3, 0.4) is 0 Å². The van der Waals surface area contributed by atoms with E-state index in [1.54, 1.807) is 7.11 Å². The van der Waals surface area contributed by atoms with Gasteiger partial charge >= 0.3 is 0 Å². The molecular weight excluding hydrogens is 166 g/mol. The molecule has 2 N–H and O–H groups in total. The SMILES string of the molecule is COc1ccc(-c2c[nH+][nH]n2)cc1. The summed E-state index contributed by atoms with van der Waals surface area (Å²) in [5.41, 5.74) is 1.95. The number of H-pyrrole nitrogens is 2. The monoisotopic (exact) mass is 176 g/mol. The Kier molecular flexibility index (Phi) is 1.96. The second-order valence-corrected chi connectivity index (χ2v) is 2.63. The van der Waals surface area contributed by atoms with Gasteiger partial charge in [0, 0.05) is 10.7 Å². The number of methoxy groups -OCH3 is 1. The number of rotatable bonds is 2. The second-order valence-electron chi connectivity index (χ2n) is 2.63. The highest BCUT2D eigenvalue weighted by Crippen LogP contribution is 2.18. The van der Waals surface area contributed by atoms with Crippen molar-refractivity contribution in [3.05, 3.63) is 30.5 Å². The molecule has 1 heterocycles. The first-order valence-corrected chi connectivity index (χ1v) is 3.96. The lowest BCUT2D eigenvalue weighted by Gasteiger charge is -1.97. The number of nitrogens with one attached hydrogen (secondary N) is 2. The highest BCUT2D eigenvalue weighted by Gasteiger charge is 2.06. The van der Waals surface area contributed by atoms with Gasteiger partial charge in [-0.3, -0.25) is 0 Å². The van der Waals surface area contributed by atoms with Crippen molar-refractivity contribution < 1.29 is 9.84 Å². The Balaban J connectivity index is 2.33. The highest BCUT2D eigenvalue weighted by molar-refractivity contribution is 5.57. The molecule has 4 heteroatoms. The van der Waals surface area contributed by atoms with Crippen molar-refractivity contribution in [3.8, 4) is 17.0 Å². The predicted octanol–water partition coefficient (Wildman–Crippen LogP) is 0.899. The lowest BCUT2D eigenvalue weighted by atomic mass is 10.2. The molecule has 0 fully saturated rings. The number of aromatic nitrogens is 3. The van der Waals surface area contributed by atoms with Gasteiger partial charge in [0.25, 0.3) is 0 Å². The van der Waals surface area contributed by atoms with Gasteiger partial charge in [-0.1, -0.05) is 5.21 Å². The molecular formula is C9H10N3O+. The topological polar surface area (TPSA) is 52.0 Å². The first kappa shape index (κ1) is 7.79. The number of nitrogens with zero attached hydrogens (tertiary/aromatic N) is 1. The van der Waals surface area contributed by atoms with Gasteiger partial charge in [-0.25, -0.2) is 0 Å². The van der Waals surface area contributed by atoms with Crippen LogP contribution >= 0.6 is 0 Å². The van der Waals surface area contributed by atoms with Crippen molar-refractivity contribution in [2.24, 2.45) is 0 Å². The van der Waals surface area contributed by atoms with E-state index in [9.17, 15) is 0 Å². The zero-order valence-electron chi connectivity index (χ0n) is 7.24. The highest BCUT2D eigenvalue weighted by atomic mass is 16.5. The molecule has 0 saturated heterocycles. The van der Waals surface area contributed by atoms with Crippen LogP contribution in [0.2, 0.25) is 0 Å². The Morgan fingerprint density at radius 1 is 1.31 bits per heavy atom. The number of ether oxygens (including phenoxy) is 1. The zero-order chi connectivity index (χ0) is 9.10. The molecule has 66 valence electrons. The number of hydrogen-bond donors (Lipinski definition) is 1. The van der Waals surface area contributed by atoms with E-state index in [1.807, 2.05) is 30.5 Å². The van der Waals surface area contributed by atoms with Crippen molar-refractivity contribution in [2.45, 2.75) is 0 Å². The third-order valence-corrected chi connectivity index (χ3v) is 1.84. The van der Waals surface area contributed by atoms with Crippen molar-refractivity contribution in [3.63, 3.8) is 0 Å². The summed E-state index contributed by atoms with van der Waals surface area (Å²) in [6, 6.07) is 7.74. The van der Waals surface area contributed by atoms with Crippen LogP contribution in [-0.2, 0) is 0 Å². The lowest BCUT2D eigenvalue weighted by Crippen LogP contribution is -1.97. The molecule has 0 radical (unpaired) electrons. The summed E-state index contributed by atoms with van der Waals surface area (Å²) in [5, 5.41) is 9.46. The van der Waals surface area contributed by atoms with Gasteiger partial charge in [-0.05, 0) is 24.3 Å². The fourth-order valence-electron chi connectivity index (χ4n) is 1.14. The van der Waals surface area contributed by atoms with Crippen LogP contribution in [0.15, 0.2) is 30.5 Å². The quantitative estimate of drug-likeness (QED) is 0.739. The fraction of sp³-hybridized carbons (Fsp3) is 0.111. The average Bonchev–Trinajstić information content (AvgIpc) is 2.71. The maximum absolute atomic E-state index is 5.05. The molecule has 2 rings (SSSR count). The van der Waals surface area contributed by atoms with E-state index in [1.165, 1.54) is 0 Å². The van der Waals surface area contributed by atoms with Crippen molar-refractivity contribution >= 4 is 0 Å². The molecule has 0 amide bonds. The second kappa shape index (κ2) is 3.26. The molecule has 2 aromatic rings. The number of hydrogen-bond acceptors (Lipinski definition) is 2. The van der Waals surface area contributed by atoms with Gasteiger partial charge < -0.3 is 4.74 Å². The Bertz CT molecular complexity index is 366. The van der Waals surface area contributed by atoms with Gasteiger partial charge in [-0.2, -0.15) is 5.10 Å². The van der Waals surface area contributed by atoms with Gasteiger partial charge in [-0.15, -0.1) is 0 Å². The minimum Gasteiger partial charge on any atom is -0.497 e. The van der Waals surface area contributed by atoms with Crippen LogP contribution < -0.4 is 9.84 Å². The van der Waals surface area contributed by atoms with Crippen LogP contribution in [-0.4, -0.2) is 17.4 Å². The van der Waals surface area contributed by atoms with E-state index in [-0.39, 0.29) is 0 Å². The number of aromatic amines is 2. The van der Waals surface area contributed by atoms with Crippen molar-refractivity contribution in [1.82, 2.24) is 10.3 Å². The predicted molar refractivity (Wildman–Crippen MR) is 47.1 cm³/mol. The number of benzene rings is 1. The Labute approximate surface area is 75.6 Å². The van der Waals surface area contributed by atoms with E-state index in [2.05, 4.69) is 15.4 Å². The third kappa shape index (κ3) is 1.51. The Morgan fingerprint density at radius 3 is 2.62 bits per heavy atom. The van der Waals surface area contributed by atoms with E-state index >= 15 is 0 Å². The van der Waals surface area contributed by atoms with Crippen LogP contribution in [0, 0.1) is 0 Å². The van der Waals surface area contributed by atoms with E-state index in [0.717, 1.165) is 17.0 Å². The van der Waals surface area contributed by atoms with Gasteiger partial charge in [0.2, 0.25) is 5.69 Å². The van der Waals surface area contributed by atoms with Crippen molar-refractivity contribution in [2.75, 3.05) is 7.11 Å². The molecule has 1 aromatic carbocycles. The maximum atomic E-state index is 5.05. The molecule has 0 unspecified atom stereocenters. The first-order valence-electron chi connectivity index (χ1n) is 3.96. The Morgan fingerprint density at radius 2 is 2.08 bits per heavy atom. The molecule has 0 aliphatic carbocycles. The molecule has 0 spiro atoms. The molecule has 4 nitrogen and oxygen atoms in total. The minimum absolute atomic E-state index is 0.850. The molecule has 0 saturated carbocycles. The van der Waals surface area contributed by atoms with Crippen LogP contribution in [0.1, 0.15) is 0 Å². The standard InChI is InChI=1S/C9H9N3O/c1-13-8-4-2-7(3-5-8)9-6-10-12-11-9/h2-6H,1H3,(H,10,11,12)/p+1. The summed E-state index contributed by atoms with van der Waals surface area (Å²) in [6.07, 6.45) is 1.81. The first-order chi connectivity index (χ1) is 6.40. The van der Waals surface area contributed by atoms with E-state index in [4.69, 9.17) is 4.74 Å². The summed E-state index contributed by atoms with van der Waals surface area (Å²) in [5.74, 6) is 0.850. The normalized spacial score (nSPS) is 9.92. The Hall–Kier alpha value is -1.84. The fourth-order valence-corrected chi connectivity index (χ4v) is 1.14. The van der Waals surface area contributed by atoms with E-state index < -0.39 is 0 Å². The van der Waals surface area contributed by atoms with Crippen LogP contribution in [0.5, 0.6) is 5.75 Å². The summed E-state index contributed by atoms with van der Waals surface area (Å²) in [6.45, 7) is 0. The molecule has 1 aromatic heterocycles. The molecule has 0 aliphatic heterocycles. The summed E-state index contributed by atoms with van der Waals surface area (Å²) in [7, 11) is 1.65. The van der Waals surface area contributed by atoms with Crippen LogP contribution in [0.25, 0.3) is 11.3 Å². The van der Waals surface area contributed by atoms with Crippen molar-refractivity contribution in [1.29, 1.82) is 0 Å². The van der Waals surface area contributed by atoms with Gasteiger partial charge in [0.05, 0.1) is 7.11 Å². The summed E-state index contributed by atoms with van der Waals surface area (Å²) in [4.78, 5) is 0. The molecule has 0 aliphatic rings. The summed E-state index contributed by atoms with van der Waals surface area (Å²) >= 11 is 0. The molecule has 0 bridgehead atoms. The van der Waals surface area contributed by atoms with E-state index in [0.29, 0.717) is 0 Å². The molecule has 0 atom stereocenters. The smallest absolute Gasteiger partial charge is 0.248 e. The van der Waals surface area contributed by atoms with Crippen LogP contribution in [0.4, 0.5) is 0 Å². The van der Waals surface area contributed by atoms with Gasteiger partial charge in [0.15, 0.2) is 6.20 Å². The summed E-state index contributed by atoms with van der Waals surface area (Å²) < 4.78 is 5.05. The lowest BCUT2D eigenvalue weighted by molar-refractivity contribution is -0.454. The molecule has 13 heavy (non-hydrogen) atoms. The average molecular weight is 176 g/mol.